The molecular formula is C20H22N2O2. The van der Waals surface area contributed by atoms with Gasteiger partial charge in [-0.3, -0.25) is 9.78 Å². The maximum absolute atomic E-state index is 13.0. The molecular weight excluding hydrogens is 300 g/mol. The number of hydrogen-bond donors (Lipinski definition) is 0. The summed E-state index contributed by atoms with van der Waals surface area (Å²) in [6.45, 7) is 2.01. The summed E-state index contributed by atoms with van der Waals surface area (Å²) in [7, 11) is 0. The number of pyridine rings is 1. The highest BCUT2D eigenvalue weighted by Gasteiger charge is 2.44. The van der Waals surface area contributed by atoms with Gasteiger partial charge < -0.3 is 9.64 Å². The van der Waals surface area contributed by atoms with Crippen molar-refractivity contribution in [3.8, 4) is 5.75 Å². The van der Waals surface area contributed by atoms with Crippen molar-refractivity contribution >= 4 is 5.91 Å². The molecule has 2 aliphatic heterocycles. The molecule has 2 bridgehead atoms. The Morgan fingerprint density at radius 3 is 2.42 bits per heavy atom. The smallest absolute Gasteiger partial charge is 0.254 e. The monoisotopic (exact) mass is 322 g/mol. The van der Waals surface area contributed by atoms with Crippen LogP contribution in [0.1, 0.15) is 41.6 Å². The fraction of sp³-hybridized carbons (Fsp3) is 0.400. The first kappa shape index (κ1) is 15.2. The van der Waals surface area contributed by atoms with Crippen LogP contribution in [-0.2, 0) is 0 Å². The molecule has 0 saturated carbocycles. The third-order valence-electron chi connectivity index (χ3n) is 5.25. The van der Waals surface area contributed by atoms with Crippen molar-refractivity contribution in [2.24, 2.45) is 0 Å². The lowest BCUT2D eigenvalue weighted by Crippen LogP contribution is -2.49. The van der Waals surface area contributed by atoms with Gasteiger partial charge in [-0.15, -0.1) is 0 Å². The highest BCUT2D eigenvalue weighted by atomic mass is 16.5. The quantitative estimate of drug-likeness (QED) is 0.867. The predicted octanol–water partition coefficient (Wildman–Crippen LogP) is 3.60. The summed E-state index contributed by atoms with van der Waals surface area (Å²) in [6, 6.07) is 12.3. The fourth-order valence-electron chi connectivity index (χ4n) is 4.12. The SMILES string of the molecule is Cc1ccccc1C(=O)N1C2CCC1CC(Oc1ccncc1)C2. The van der Waals surface area contributed by atoms with Crippen LogP contribution >= 0.6 is 0 Å². The summed E-state index contributed by atoms with van der Waals surface area (Å²) < 4.78 is 6.12. The van der Waals surface area contributed by atoms with Crippen LogP contribution in [0, 0.1) is 6.92 Å². The first-order chi connectivity index (χ1) is 11.7. The number of benzene rings is 1. The molecule has 2 aliphatic rings. The number of aryl methyl sites for hydroxylation is 1. The molecule has 1 amide bonds. The molecule has 3 heterocycles. The molecule has 124 valence electrons. The Morgan fingerprint density at radius 2 is 1.75 bits per heavy atom. The van der Waals surface area contributed by atoms with Crippen LogP contribution in [0.4, 0.5) is 0 Å². The number of carbonyl (C=O) groups excluding carboxylic acids is 1. The largest absolute Gasteiger partial charge is 0.490 e. The summed E-state index contributed by atoms with van der Waals surface area (Å²) in [6.07, 6.45) is 7.68. The number of piperidine rings is 1. The molecule has 0 N–H and O–H groups in total. The lowest BCUT2D eigenvalue weighted by Gasteiger charge is -2.39. The Labute approximate surface area is 142 Å². The van der Waals surface area contributed by atoms with E-state index in [4.69, 9.17) is 4.74 Å². The van der Waals surface area contributed by atoms with E-state index >= 15 is 0 Å². The zero-order chi connectivity index (χ0) is 16.5. The van der Waals surface area contributed by atoms with Crippen LogP contribution < -0.4 is 4.74 Å². The summed E-state index contributed by atoms with van der Waals surface area (Å²) >= 11 is 0. The van der Waals surface area contributed by atoms with Crippen LogP contribution in [0.15, 0.2) is 48.8 Å². The van der Waals surface area contributed by atoms with Gasteiger partial charge in [0.25, 0.3) is 5.91 Å². The van der Waals surface area contributed by atoms with E-state index in [0.717, 1.165) is 42.6 Å². The number of nitrogens with zero attached hydrogens (tertiary/aromatic N) is 2. The Balaban J connectivity index is 1.49. The summed E-state index contributed by atoms with van der Waals surface area (Å²) in [5, 5.41) is 0. The summed E-state index contributed by atoms with van der Waals surface area (Å²) in [5.41, 5.74) is 1.89. The van der Waals surface area contributed by atoms with Gasteiger partial charge in [-0.05, 0) is 43.5 Å². The Bertz CT molecular complexity index is 717. The van der Waals surface area contributed by atoms with E-state index in [1.54, 1.807) is 12.4 Å². The molecule has 1 aromatic carbocycles. The van der Waals surface area contributed by atoms with Crippen LogP contribution in [0.2, 0.25) is 0 Å². The van der Waals surface area contributed by atoms with E-state index in [9.17, 15) is 4.79 Å². The molecule has 0 radical (unpaired) electrons. The molecule has 0 spiro atoms. The fourth-order valence-corrected chi connectivity index (χ4v) is 4.12. The predicted molar refractivity (Wildman–Crippen MR) is 92.0 cm³/mol. The average Bonchev–Trinajstić information content (AvgIpc) is 2.86. The van der Waals surface area contributed by atoms with Gasteiger partial charge in [-0.1, -0.05) is 18.2 Å². The average molecular weight is 322 g/mol. The highest BCUT2D eigenvalue weighted by molar-refractivity contribution is 5.96. The topological polar surface area (TPSA) is 42.4 Å². The number of carbonyl (C=O) groups is 1. The van der Waals surface area contributed by atoms with Crippen molar-refractivity contribution in [3.63, 3.8) is 0 Å². The Morgan fingerprint density at radius 1 is 1.08 bits per heavy atom. The van der Waals surface area contributed by atoms with E-state index in [-0.39, 0.29) is 12.0 Å². The molecule has 2 atom stereocenters. The second-order valence-electron chi connectivity index (χ2n) is 6.81. The molecule has 24 heavy (non-hydrogen) atoms. The van der Waals surface area contributed by atoms with E-state index < -0.39 is 0 Å². The molecule has 1 aromatic heterocycles. The van der Waals surface area contributed by atoms with E-state index in [1.165, 1.54) is 0 Å². The standard InChI is InChI=1S/C20H22N2O2/c1-14-4-2-3-5-19(14)20(23)22-15-6-7-16(22)13-18(12-15)24-17-8-10-21-11-9-17/h2-5,8-11,15-16,18H,6-7,12-13H2,1H3. The second kappa shape index (κ2) is 6.27. The zero-order valence-corrected chi connectivity index (χ0v) is 13.9. The van der Waals surface area contributed by atoms with E-state index in [0.29, 0.717) is 12.1 Å². The van der Waals surface area contributed by atoms with Crippen molar-refractivity contribution in [3.05, 3.63) is 59.9 Å². The number of aromatic nitrogens is 1. The van der Waals surface area contributed by atoms with Crippen LogP contribution in [-0.4, -0.2) is 34.0 Å². The number of rotatable bonds is 3. The van der Waals surface area contributed by atoms with E-state index in [1.807, 2.05) is 43.3 Å². The van der Waals surface area contributed by atoms with Crippen molar-refractivity contribution in [2.45, 2.75) is 50.8 Å². The molecule has 4 heteroatoms. The molecule has 2 saturated heterocycles. The highest BCUT2D eigenvalue weighted by Crippen LogP contribution is 2.38. The van der Waals surface area contributed by atoms with Gasteiger partial charge in [0.05, 0.1) is 0 Å². The van der Waals surface area contributed by atoms with Gasteiger partial charge in [0.2, 0.25) is 0 Å². The zero-order valence-electron chi connectivity index (χ0n) is 13.9. The number of ether oxygens (including phenoxy) is 1. The second-order valence-corrected chi connectivity index (χ2v) is 6.81. The number of amides is 1. The molecule has 2 unspecified atom stereocenters. The van der Waals surface area contributed by atoms with Gasteiger partial charge in [0, 0.05) is 42.9 Å². The van der Waals surface area contributed by atoms with Crippen molar-refractivity contribution in [1.29, 1.82) is 0 Å². The maximum Gasteiger partial charge on any atom is 0.254 e. The first-order valence-electron chi connectivity index (χ1n) is 8.67. The van der Waals surface area contributed by atoms with Crippen LogP contribution in [0.5, 0.6) is 5.75 Å². The van der Waals surface area contributed by atoms with Gasteiger partial charge in [-0.25, -0.2) is 0 Å². The van der Waals surface area contributed by atoms with Crippen molar-refractivity contribution in [1.82, 2.24) is 9.88 Å². The number of fused-ring (bicyclic) bond motifs is 2. The molecule has 0 aliphatic carbocycles. The maximum atomic E-state index is 13.0. The minimum Gasteiger partial charge on any atom is -0.490 e. The lowest BCUT2D eigenvalue weighted by molar-refractivity contribution is 0.0358. The van der Waals surface area contributed by atoms with Gasteiger partial charge in [0.1, 0.15) is 11.9 Å². The molecule has 2 aromatic rings. The molecule has 4 rings (SSSR count). The molecule has 2 fully saturated rings. The summed E-state index contributed by atoms with van der Waals surface area (Å²) in [5.74, 6) is 1.05. The van der Waals surface area contributed by atoms with Crippen LogP contribution in [0.3, 0.4) is 0 Å². The number of hydrogen-bond acceptors (Lipinski definition) is 3. The summed E-state index contributed by atoms with van der Waals surface area (Å²) in [4.78, 5) is 19.2. The van der Waals surface area contributed by atoms with Gasteiger partial charge >= 0.3 is 0 Å². The van der Waals surface area contributed by atoms with Crippen molar-refractivity contribution < 1.29 is 9.53 Å². The Kier molecular flexibility index (Phi) is 3.97. The normalized spacial score (nSPS) is 25.5. The van der Waals surface area contributed by atoms with Crippen LogP contribution in [0.25, 0.3) is 0 Å². The Hall–Kier alpha value is -2.36. The van der Waals surface area contributed by atoms with Gasteiger partial charge in [0.15, 0.2) is 0 Å². The minimum absolute atomic E-state index is 0.183. The van der Waals surface area contributed by atoms with Gasteiger partial charge in [-0.2, -0.15) is 0 Å². The third kappa shape index (κ3) is 2.77. The van der Waals surface area contributed by atoms with Crippen molar-refractivity contribution in [2.75, 3.05) is 0 Å². The molecule has 4 nitrogen and oxygen atoms in total. The minimum atomic E-state index is 0.183. The lowest BCUT2D eigenvalue weighted by atomic mass is 9.97. The van der Waals surface area contributed by atoms with E-state index in [2.05, 4.69) is 9.88 Å². The first-order valence-corrected chi connectivity index (χ1v) is 8.67. The third-order valence-corrected chi connectivity index (χ3v) is 5.25.